The average molecular weight is 302 g/mol. The van der Waals surface area contributed by atoms with Crippen LogP contribution < -0.4 is 5.32 Å². The van der Waals surface area contributed by atoms with Gasteiger partial charge >= 0.3 is 0 Å². The second-order valence-electron chi connectivity index (χ2n) is 3.87. The Labute approximate surface area is 112 Å². The SMILES string of the molecule is COCCOCCNCc1ccc(C)c(Br)c1. The summed E-state index contributed by atoms with van der Waals surface area (Å²) in [5.41, 5.74) is 2.54. The summed E-state index contributed by atoms with van der Waals surface area (Å²) < 4.78 is 11.4. The summed E-state index contributed by atoms with van der Waals surface area (Å²) in [7, 11) is 1.68. The van der Waals surface area contributed by atoms with Crippen LogP contribution in [0, 0.1) is 6.92 Å². The Morgan fingerprint density at radius 3 is 2.76 bits per heavy atom. The second-order valence-corrected chi connectivity index (χ2v) is 4.72. The van der Waals surface area contributed by atoms with Crippen LogP contribution in [-0.2, 0) is 16.0 Å². The Bertz CT molecular complexity index is 331. The van der Waals surface area contributed by atoms with Crippen LogP contribution in [0.4, 0.5) is 0 Å². The standard InChI is InChI=1S/C13H20BrNO2/c1-11-3-4-12(9-13(11)14)10-15-5-6-17-8-7-16-2/h3-4,9,15H,5-8,10H2,1-2H3. The number of benzene rings is 1. The Kier molecular flexibility index (Phi) is 7.44. The molecule has 0 aliphatic carbocycles. The predicted molar refractivity (Wildman–Crippen MR) is 73.3 cm³/mol. The van der Waals surface area contributed by atoms with Crippen molar-refractivity contribution in [3.63, 3.8) is 0 Å². The van der Waals surface area contributed by atoms with Crippen LogP contribution in [0.5, 0.6) is 0 Å². The van der Waals surface area contributed by atoms with Crippen LogP contribution in [0.15, 0.2) is 22.7 Å². The van der Waals surface area contributed by atoms with Gasteiger partial charge in [-0.05, 0) is 24.1 Å². The molecule has 0 spiro atoms. The van der Waals surface area contributed by atoms with Crippen LogP contribution in [0.2, 0.25) is 0 Å². The molecule has 0 atom stereocenters. The molecule has 96 valence electrons. The third kappa shape index (κ3) is 6.17. The first-order chi connectivity index (χ1) is 8.24. The van der Waals surface area contributed by atoms with E-state index >= 15 is 0 Å². The van der Waals surface area contributed by atoms with E-state index in [2.05, 4.69) is 46.4 Å². The zero-order valence-corrected chi connectivity index (χ0v) is 12.0. The maximum Gasteiger partial charge on any atom is 0.0700 e. The summed E-state index contributed by atoms with van der Waals surface area (Å²) in [4.78, 5) is 0. The van der Waals surface area contributed by atoms with E-state index in [0.717, 1.165) is 24.2 Å². The zero-order chi connectivity index (χ0) is 12.5. The molecule has 17 heavy (non-hydrogen) atoms. The Hall–Kier alpha value is -0.420. The quantitative estimate of drug-likeness (QED) is 0.749. The molecule has 3 nitrogen and oxygen atoms in total. The molecule has 1 aromatic carbocycles. The molecule has 4 heteroatoms. The van der Waals surface area contributed by atoms with Crippen molar-refractivity contribution in [3.05, 3.63) is 33.8 Å². The number of ether oxygens (including phenoxy) is 2. The maximum absolute atomic E-state index is 5.36. The van der Waals surface area contributed by atoms with E-state index in [1.165, 1.54) is 11.1 Å². The third-order valence-corrected chi connectivity index (χ3v) is 3.27. The van der Waals surface area contributed by atoms with E-state index < -0.39 is 0 Å². The van der Waals surface area contributed by atoms with Crippen molar-refractivity contribution in [1.82, 2.24) is 5.32 Å². The molecule has 0 amide bonds. The molecule has 0 aliphatic heterocycles. The number of halogens is 1. The number of rotatable bonds is 8. The number of nitrogens with one attached hydrogen (secondary N) is 1. The van der Waals surface area contributed by atoms with Gasteiger partial charge in [-0.15, -0.1) is 0 Å². The number of methoxy groups -OCH3 is 1. The first-order valence-corrected chi connectivity index (χ1v) is 6.55. The summed E-state index contributed by atoms with van der Waals surface area (Å²) >= 11 is 3.53. The van der Waals surface area contributed by atoms with E-state index in [0.29, 0.717) is 13.2 Å². The van der Waals surface area contributed by atoms with Crippen LogP contribution in [-0.4, -0.2) is 33.5 Å². The smallest absolute Gasteiger partial charge is 0.0700 e. The molecule has 0 fully saturated rings. The van der Waals surface area contributed by atoms with Gasteiger partial charge in [0.15, 0.2) is 0 Å². The van der Waals surface area contributed by atoms with Gasteiger partial charge in [-0.25, -0.2) is 0 Å². The van der Waals surface area contributed by atoms with Gasteiger partial charge in [-0.2, -0.15) is 0 Å². The van der Waals surface area contributed by atoms with Crippen molar-refractivity contribution < 1.29 is 9.47 Å². The lowest BCUT2D eigenvalue weighted by Gasteiger charge is -2.07. The molecule has 0 aliphatic rings. The van der Waals surface area contributed by atoms with Crippen molar-refractivity contribution in [2.45, 2.75) is 13.5 Å². The largest absolute Gasteiger partial charge is 0.382 e. The number of hydrogen-bond donors (Lipinski definition) is 1. The minimum absolute atomic E-state index is 0.658. The van der Waals surface area contributed by atoms with E-state index in [1.807, 2.05) is 0 Å². The molecule has 1 N–H and O–H groups in total. The summed E-state index contributed by atoms with van der Waals surface area (Å²) in [6.07, 6.45) is 0. The Morgan fingerprint density at radius 1 is 1.24 bits per heavy atom. The van der Waals surface area contributed by atoms with Gasteiger partial charge in [0.25, 0.3) is 0 Å². The monoisotopic (exact) mass is 301 g/mol. The summed E-state index contributed by atoms with van der Waals surface area (Å²) in [6.45, 7) is 5.85. The molecule has 0 heterocycles. The molecule has 1 rings (SSSR count). The average Bonchev–Trinajstić information content (AvgIpc) is 2.32. The molecular formula is C13H20BrNO2. The summed E-state index contributed by atoms with van der Waals surface area (Å²) in [5.74, 6) is 0. The van der Waals surface area contributed by atoms with E-state index in [1.54, 1.807) is 7.11 Å². The van der Waals surface area contributed by atoms with E-state index in [-0.39, 0.29) is 0 Å². The van der Waals surface area contributed by atoms with Crippen LogP contribution >= 0.6 is 15.9 Å². The number of aryl methyl sites for hydroxylation is 1. The van der Waals surface area contributed by atoms with E-state index in [4.69, 9.17) is 9.47 Å². The van der Waals surface area contributed by atoms with Crippen LogP contribution in [0.3, 0.4) is 0 Å². The molecular weight excluding hydrogens is 282 g/mol. The van der Waals surface area contributed by atoms with Crippen molar-refractivity contribution in [2.75, 3.05) is 33.5 Å². The number of hydrogen-bond acceptors (Lipinski definition) is 3. The lowest BCUT2D eigenvalue weighted by atomic mass is 10.1. The fraction of sp³-hybridized carbons (Fsp3) is 0.538. The zero-order valence-electron chi connectivity index (χ0n) is 10.5. The van der Waals surface area contributed by atoms with Gasteiger partial charge in [-0.1, -0.05) is 28.1 Å². The fourth-order valence-corrected chi connectivity index (χ4v) is 1.79. The van der Waals surface area contributed by atoms with Gasteiger partial charge in [0.2, 0.25) is 0 Å². The normalized spacial score (nSPS) is 10.8. The highest BCUT2D eigenvalue weighted by atomic mass is 79.9. The highest BCUT2D eigenvalue weighted by Crippen LogP contribution is 2.17. The molecule has 1 aromatic rings. The molecule has 0 saturated heterocycles. The fourth-order valence-electron chi connectivity index (χ4n) is 1.37. The second kappa shape index (κ2) is 8.64. The van der Waals surface area contributed by atoms with Crippen LogP contribution in [0.25, 0.3) is 0 Å². The van der Waals surface area contributed by atoms with Crippen molar-refractivity contribution in [3.8, 4) is 0 Å². The predicted octanol–water partition coefficient (Wildman–Crippen LogP) is 2.51. The topological polar surface area (TPSA) is 30.5 Å². The van der Waals surface area contributed by atoms with Crippen molar-refractivity contribution in [1.29, 1.82) is 0 Å². The van der Waals surface area contributed by atoms with Gasteiger partial charge in [0, 0.05) is 24.7 Å². The maximum atomic E-state index is 5.36. The van der Waals surface area contributed by atoms with Gasteiger partial charge < -0.3 is 14.8 Å². The first kappa shape index (κ1) is 14.6. The summed E-state index contributed by atoms with van der Waals surface area (Å²) in [5, 5.41) is 3.34. The Morgan fingerprint density at radius 2 is 2.06 bits per heavy atom. The van der Waals surface area contributed by atoms with Crippen molar-refractivity contribution in [2.24, 2.45) is 0 Å². The van der Waals surface area contributed by atoms with E-state index in [9.17, 15) is 0 Å². The highest BCUT2D eigenvalue weighted by Gasteiger charge is 1.97. The molecule has 0 radical (unpaired) electrons. The molecule has 0 saturated carbocycles. The lowest BCUT2D eigenvalue weighted by Crippen LogP contribution is -2.20. The van der Waals surface area contributed by atoms with Gasteiger partial charge in [0.1, 0.15) is 0 Å². The lowest BCUT2D eigenvalue weighted by molar-refractivity contribution is 0.0719. The minimum atomic E-state index is 0.658. The highest BCUT2D eigenvalue weighted by molar-refractivity contribution is 9.10. The summed E-state index contributed by atoms with van der Waals surface area (Å²) in [6, 6.07) is 6.41. The first-order valence-electron chi connectivity index (χ1n) is 5.76. The molecule has 0 unspecified atom stereocenters. The minimum Gasteiger partial charge on any atom is -0.382 e. The van der Waals surface area contributed by atoms with Gasteiger partial charge in [0.05, 0.1) is 19.8 Å². The van der Waals surface area contributed by atoms with Gasteiger partial charge in [-0.3, -0.25) is 0 Å². The Balaban J connectivity index is 2.11. The molecule has 0 aromatic heterocycles. The molecule has 0 bridgehead atoms. The van der Waals surface area contributed by atoms with Crippen molar-refractivity contribution >= 4 is 15.9 Å². The third-order valence-electron chi connectivity index (χ3n) is 2.42. The van der Waals surface area contributed by atoms with Crippen LogP contribution in [0.1, 0.15) is 11.1 Å².